The third-order valence-electron chi connectivity index (χ3n) is 5.77. The average Bonchev–Trinajstić information content (AvgIpc) is 3.50. The SMILES string of the molecule is C[C@](O)(Cn1nncc1CCCCn1ccc(=O)[nH]c1=O)c1cccc(OCC2CC2)c1. The molecule has 4 rings (SSSR count). The summed E-state index contributed by atoms with van der Waals surface area (Å²) >= 11 is 0. The average molecular weight is 440 g/mol. The first-order valence-electron chi connectivity index (χ1n) is 11.0. The molecule has 1 aliphatic carbocycles. The van der Waals surface area contributed by atoms with Gasteiger partial charge in [0.2, 0.25) is 0 Å². The number of hydrogen-bond donors (Lipinski definition) is 2. The highest BCUT2D eigenvalue weighted by atomic mass is 16.5. The van der Waals surface area contributed by atoms with Gasteiger partial charge in [-0.2, -0.15) is 0 Å². The van der Waals surface area contributed by atoms with Gasteiger partial charge in [-0.1, -0.05) is 17.3 Å². The minimum absolute atomic E-state index is 0.272. The monoisotopic (exact) mass is 439 g/mol. The van der Waals surface area contributed by atoms with Crippen LogP contribution < -0.4 is 16.0 Å². The maximum Gasteiger partial charge on any atom is 0.328 e. The van der Waals surface area contributed by atoms with Gasteiger partial charge in [-0.05, 0) is 62.6 Å². The quantitative estimate of drug-likeness (QED) is 0.441. The number of benzene rings is 1. The van der Waals surface area contributed by atoms with Gasteiger partial charge >= 0.3 is 5.69 Å². The fourth-order valence-corrected chi connectivity index (χ4v) is 3.62. The molecule has 0 spiro atoms. The van der Waals surface area contributed by atoms with Crippen molar-refractivity contribution in [3.8, 4) is 5.75 Å². The van der Waals surface area contributed by atoms with Crippen LogP contribution in [0.4, 0.5) is 0 Å². The fourth-order valence-electron chi connectivity index (χ4n) is 3.62. The summed E-state index contributed by atoms with van der Waals surface area (Å²) in [5.74, 6) is 1.44. The molecule has 170 valence electrons. The highest BCUT2D eigenvalue weighted by Gasteiger charge is 2.26. The summed E-state index contributed by atoms with van der Waals surface area (Å²) in [6.45, 7) is 3.28. The van der Waals surface area contributed by atoms with Gasteiger partial charge in [0.25, 0.3) is 5.56 Å². The molecule has 0 radical (unpaired) electrons. The van der Waals surface area contributed by atoms with Crippen LogP contribution in [-0.2, 0) is 25.1 Å². The predicted molar refractivity (Wildman–Crippen MR) is 119 cm³/mol. The lowest BCUT2D eigenvalue weighted by atomic mass is 9.95. The second-order valence-corrected chi connectivity index (χ2v) is 8.70. The van der Waals surface area contributed by atoms with Gasteiger partial charge < -0.3 is 14.4 Å². The number of aromatic amines is 1. The molecule has 2 N–H and O–H groups in total. The van der Waals surface area contributed by atoms with Crippen LogP contribution in [0.1, 0.15) is 43.9 Å². The summed E-state index contributed by atoms with van der Waals surface area (Å²) in [6.07, 6.45) is 7.96. The standard InChI is InChI=1S/C23H29N5O4/c1-23(31,18-5-4-7-20(13-18)32-15-17-8-9-17)16-28-19(14-24-26-28)6-2-3-11-27-12-10-21(29)25-22(27)30/h4-5,7,10,12-14,17,31H,2-3,6,8-9,11,15-16H2,1H3,(H,25,29,30)/t23-/m0/s1. The number of aryl methyl sites for hydroxylation is 2. The largest absolute Gasteiger partial charge is 0.493 e. The van der Waals surface area contributed by atoms with Crippen LogP contribution in [0.15, 0.2) is 52.3 Å². The van der Waals surface area contributed by atoms with Crippen molar-refractivity contribution in [3.63, 3.8) is 0 Å². The molecule has 9 nitrogen and oxygen atoms in total. The summed E-state index contributed by atoms with van der Waals surface area (Å²) in [6, 6.07) is 8.93. The Kier molecular flexibility index (Phi) is 6.55. The molecule has 0 amide bonds. The third-order valence-corrected chi connectivity index (χ3v) is 5.77. The van der Waals surface area contributed by atoms with Gasteiger partial charge in [-0.3, -0.25) is 9.78 Å². The van der Waals surface area contributed by atoms with Gasteiger partial charge in [0.05, 0.1) is 25.0 Å². The van der Waals surface area contributed by atoms with Gasteiger partial charge in [0.1, 0.15) is 11.4 Å². The first-order valence-corrected chi connectivity index (χ1v) is 11.0. The Hall–Kier alpha value is -3.20. The van der Waals surface area contributed by atoms with Crippen LogP contribution in [0.3, 0.4) is 0 Å². The van der Waals surface area contributed by atoms with Crippen molar-refractivity contribution in [1.82, 2.24) is 24.5 Å². The van der Waals surface area contributed by atoms with Crippen LogP contribution in [0.5, 0.6) is 5.75 Å². The molecule has 3 aromatic rings. The van der Waals surface area contributed by atoms with Gasteiger partial charge in [0.15, 0.2) is 0 Å². The van der Waals surface area contributed by atoms with Crippen LogP contribution >= 0.6 is 0 Å². The van der Waals surface area contributed by atoms with Crippen LogP contribution in [0.25, 0.3) is 0 Å². The second-order valence-electron chi connectivity index (χ2n) is 8.70. The molecular weight excluding hydrogens is 410 g/mol. The Morgan fingerprint density at radius 1 is 1.25 bits per heavy atom. The van der Waals surface area contributed by atoms with Crippen molar-refractivity contribution >= 4 is 0 Å². The number of rotatable bonds is 11. The molecule has 2 heterocycles. The number of ether oxygens (including phenoxy) is 1. The number of H-pyrrole nitrogens is 1. The Morgan fingerprint density at radius 2 is 2.09 bits per heavy atom. The highest BCUT2D eigenvalue weighted by molar-refractivity contribution is 5.32. The molecule has 0 bridgehead atoms. The summed E-state index contributed by atoms with van der Waals surface area (Å²) in [5.41, 5.74) is -0.244. The molecule has 2 aromatic heterocycles. The van der Waals surface area contributed by atoms with Crippen LogP contribution in [0.2, 0.25) is 0 Å². The lowest BCUT2D eigenvalue weighted by Crippen LogP contribution is -2.29. The van der Waals surface area contributed by atoms with Crippen molar-refractivity contribution in [1.29, 1.82) is 0 Å². The summed E-state index contributed by atoms with van der Waals surface area (Å²) in [5, 5.41) is 19.3. The first-order chi connectivity index (χ1) is 15.4. The lowest BCUT2D eigenvalue weighted by molar-refractivity contribution is 0.0329. The van der Waals surface area contributed by atoms with Gasteiger partial charge in [-0.15, -0.1) is 5.10 Å². The second kappa shape index (κ2) is 9.52. The van der Waals surface area contributed by atoms with E-state index in [4.69, 9.17) is 4.74 Å². The molecule has 1 fully saturated rings. The zero-order valence-corrected chi connectivity index (χ0v) is 18.2. The third kappa shape index (κ3) is 5.73. The first kappa shape index (κ1) is 22.0. The number of aliphatic hydroxyl groups is 1. The maximum atomic E-state index is 11.8. The Bertz CT molecular complexity index is 1160. The summed E-state index contributed by atoms with van der Waals surface area (Å²) in [4.78, 5) is 25.2. The smallest absolute Gasteiger partial charge is 0.328 e. The Balaban J connectivity index is 1.33. The van der Waals surface area contributed by atoms with E-state index in [2.05, 4.69) is 15.3 Å². The van der Waals surface area contributed by atoms with Crippen LogP contribution in [0, 0.1) is 5.92 Å². The van der Waals surface area contributed by atoms with Crippen molar-refractivity contribution in [2.75, 3.05) is 6.61 Å². The summed E-state index contributed by atoms with van der Waals surface area (Å²) < 4.78 is 9.06. The van der Waals surface area contributed by atoms with Crippen molar-refractivity contribution in [3.05, 3.63) is 74.8 Å². The zero-order valence-electron chi connectivity index (χ0n) is 18.2. The van der Waals surface area contributed by atoms with E-state index in [1.54, 1.807) is 17.8 Å². The topological polar surface area (TPSA) is 115 Å². The predicted octanol–water partition coefficient (Wildman–Crippen LogP) is 1.85. The number of nitrogens with one attached hydrogen (secondary N) is 1. The van der Waals surface area contributed by atoms with E-state index >= 15 is 0 Å². The molecule has 0 aliphatic heterocycles. The Morgan fingerprint density at radius 3 is 2.88 bits per heavy atom. The van der Waals surface area contributed by atoms with E-state index in [1.807, 2.05) is 24.3 Å². The number of unbranched alkanes of at least 4 members (excludes halogenated alkanes) is 1. The minimum atomic E-state index is -1.13. The molecule has 1 aliphatic rings. The molecule has 9 heteroatoms. The molecule has 0 unspecified atom stereocenters. The number of hydrogen-bond acceptors (Lipinski definition) is 6. The van der Waals surface area contributed by atoms with Crippen LogP contribution in [-0.4, -0.2) is 36.3 Å². The van der Waals surface area contributed by atoms with E-state index in [-0.39, 0.29) is 6.54 Å². The summed E-state index contributed by atoms with van der Waals surface area (Å²) in [7, 11) is 0. The molecule has 1 saturated carbocycles. The molecular formula is C23H29N5O4. The zero-order chi connectivity index (χ0) is 22.6. The Labute approximate surface area is 185 Å². The molecule has 0 saturated heterocycles. The van der Waals surface area contributed by atoms with Crippen molar-refractivity contribution in [2.45, 2.75) is 57.7 Å². The van der Waals surface area contributed by atoms with E-state index in [9.17, 15) is 14.7 Å². The van der Waals surface area contributed by atoms with Crippen molar-refractivity contribution in [2.24, 2.45) is 5.92 Å². The molecule has 1 atom stereocenters. The van der Waals surface area contributed by atoms with E-state index in [1.165, 1.54) is 29.7 Å². The van der Waals surface area contributed by atoms with E-state index < -0.39 is 16.9 Å². The lowest BCUT2D eigenvalue weighted by Gasteiger charge is -2.25. The van der Waals surface area contributed by atoms with Crippen molar-refractivity contribution < 1.29 is 9.84 Å². The normalized spacial score (nSPS) is 15.4. The highest BCUT2D eigenvalue weighted by Crippen LogP contribution is 2.31. The fraction of sp³-hybridized carbons (Fsp3) is 0.478. The van der Waals surface area contributed by atoms with E-state index in [0.29, 0.717) is 18.9 Å². The van der Waals surface area contributed by atoms with E-state index in [0.717, 1.165) is 36.5 Å². The molecule has 32 heavy (non-hydrogen) atoms. The van der Waals surface area contributed by atoms with Gasteiger partial charge in [0, 0.05) is 18.8 Å². The van der Waals surface area contributed by atoms with Gasteiger partial charge in [-0.25, -0.2) is 9.48 Å². The number of aromatic nitrogens is 5. The molecule has 1 aromatic carbocycles. The number of nitrogens with zero attached hydrogens (tertiary/aromatic N) is 4. The minimum Gasteiger partial charge on any atom is -0.493 e. The maximum absolute atomic E-state index is 11.8.